The van der Waals surface area contributed by atoms with E-state index in [2.05, 4.69) is 4.98 Å². The van der Waals surface area contributed by atoms with Gasteiger partial charge in [-0.2, -0.15) is 0 Å². The van der Waals surface area contributed by atoms with E-state index in [1.54, 1.807) is 12.1 Å². The standard InChI is InChI=1S/C19H19NO4/c1-12(2)24-18-17(23-11-13-6-4-3-5-7-13)15-9-8-14(21)10-16(15)20-19(18)22/h3-10,12,21H,11H2,1-2H3,(H,20,22). The van der Waals surface area contributed by atoms with Crippen molar-refractivity contribution >= 4 is 10.9 Å². The molecule has 5 nitrogen and oxygen atoms in total. The fraction of sp³-hybridized carbons (Fsp3) is 0.211. The first kappa shape index (κ1) is 15.9. The normalized spacial score (nSPS) is 11.0. The smallest absolute Gasteiger partial charge is 0.294 e. The summed E-state index contributed by atoms with van der Waals surface area (Å²) in [5, 5.41) is 10.3. The van der Waals surface area contributed by atoms with Crippen LogP contribution in [0.15, 0.2) is 53.3 Å². The zero-order valence-electron chi connectivity index (χ0n) is 13.6. The van der Waals surface area contributed by atoms with Crippen LogP contribution >= 0.6 is 0 Å². The number of fused-ring (bicyclic) bond motifs is 1. The molecule has 2 N–H and O–H groups in total. The number of phenolic OH excluding ortho intramolecular Hbond substituents is 1. The fourth-order valence-electron chi connectivity index (χ4n) is 2.45. The maximum atomic E-state index is 12.4. The second kappa shape index (κ2) is 6.66. The lowest BCUT2D eigenvalue weighted by Crippen LogP contribution is -2.17. The summed E-state index contributed by atoms with van der Waals surface area (Å²) >= 11 is 0. The summed E-state index contributed by atoms with van der Waals surface area (Å²) in [7, 11) is 0. The van der Waals surface area contributed by atoms with Crippen LogP contribution in [0.5, 0.6) is 17.2 Å². The van der Waals surface area contributed by atoms with Gasteiger partial charge in [0.25, 0.3) is 5.56 Å². The zero-order valence-corrected chi connectivity index (χ0v) is 13.6. The van der Waals surface area contributed by atoms with Gasteiger partial charge in [-0.15, -0.1) is 0 Å². The van der Waals surface area contributed by atoms with Gasteiger partial charge < -0.3 is 19.6 Å². The van der Waals surface area contributed by atoms with Crippen molar-refractivity contribution in [3.8, 4) is 17.2 Å². The highest BCUT2D eigenvalue weighted by Gasteiger charge is 2.17. The van der Waals surface area contributed by atoms with E-state index >= 15 is 0 Å². The van der Waals surface area contributed by atoms with E-state index in [4.69, 9.17) is 9.47 Å². The second-order valence-electron chi connectivity index (χ2n) is 5.78. The number of pyridine rings is 1. The van der Waals surface area contributed by atoms with E-state index in [1.807, 2.05) is 44.2 Å². The van der Waals surface area contributed by atoms with Gasteiger partial charge in [0.2, 0.25) is 5.75 Å². The van der Waals surface area contributed by atoms with Crippen molar-refractivity contribution in [3.63, 3.8) is 0 Å². The van der Waals surface area contributed by atoms with Gasteiger partial charge in [0, 0.05) is 11.5 Å². The van der Waals surface area contributed by atoms with Gasteiger partial charge in [-0.1, -0.05) is 30.3 Å². The highest BCUT2D eigenvalue weighted by atomic mass is 16.5. The molecule has 0 radical (unpaired) electrons. The van der Waals surface area contributed by atoms with Crippen LogP contribution < -0.4 is 15.0 Å². The molecule has 1 aromatic heterocycles. The number of benzene rings is 2. The molecule has 124 valence electrons. The SMILES string of the molecule is CC(C)Oc1c(OCc2ccccc2)c2ccc(O)cc2[nH]c1=O. The maximum Gasteiger partial charge on any atom is 0.294 e. The average Bonchev–Trinajstić information content (AvgIpc) is 2.55. The summed E-state index contributed by atoms with van der Waals surface area (Å²) < 4.78 is 11.6. The molecule has 1 heterocycles. The van der Waals surface area contributed by atoms with Gasteiger partial charge >= 0.3 is 0 Å². The Bertz CT molecular complexity index is 900. The molecule has 0 atom stereocenters. The van der Waals surface area contributed by atoms with Gasteiger partial charge in [-0.05, 0) is 31.5 Å². The van der Waals surface area contributed by atoms with Crippen molar-refractivity contribution < 1.29 is 14.6 Å². The van der Waals surface area contributed by atoms with E-state index in [0.717, 1.165) is 5.56 Å². The van der Waals surface area contributed by atoms with Crippen LogP contribution in [0.25, 0.3) is 10.9 Å². The predicted molar refractivity (Wildman–Crippen MR) is 92.8 cm³/mol. The second-order valence-corrected chi connectivity index (χ2v) is 5.78. The molecule has 0 aliphatic carbocycles. The number of hydrogen-bond acceptors (Lipinski definition) is 4. The molecule has 5 heteroatoms. The first-order valence-corrected chi connectivity index (χ1v) is 7.77. The van der Waals surface area contributed by atoms with Gasteiger partial charge in [-0.25, -0.2) is 0 Å². The van der Waals surface area contributed by atoms with E-state index in [-0.39, 0.29) is 23.2 Å². The Hall–Kier alpha value is -2.95. The van der Waals surface area contributed by atoms with Gasteiger partial charge in [0.1, 0.15) is 12.4 Å². The first-order valence-electron chi connectivity index (χ1n) is 7.77. The molecule has 0 bridgehead atoms. The summed E-state index contributed by atoms with van der Waals surface area (Å²) in [6.45, 7) is 4.01. The minimum Gasteiger partial charge on any atom is -0.508 e. The van der Waals surface area contributed by atoms with Crippen molar-refractivity contribution in [2.45, 2.75) is 26.6 Å². The molecule has 0 fully saturated rings. The molecule has 0 aliphatic heterocycles. The van der Waals surface area contributed by atoms with Crippen molar-refractivity contribution in [1.82, 2.24) is 4.98 Å². The summed E-state index contributed by atoms with van der Waals surface area (Å²) in [5.74, 6) is 0.607. The third-order valence-corrected chi connectivity index (χ3v) is 3.49. The minimum atomic E-state index is -0.384. The molecule has 0 spiro atoms. The Balaban J connectivity index is 2.08. The van der Waals surface area contributed by atoms with Crippen LogP contribution in [0.1, 0.15) is 19.4 Å². The highest BCUT2D eigenvalue weighted by molar-refractivity contribution is 5.88. The molecule has 0 saturated heterocycles. The van der Waals surface area contributed by atoms with Crippen LogP contribution in [-0.4, -0.2) is 16.2 Å². The van der Waals surface area contributed by atoms with Crippen molar-refractivity contribution in [1.29, 1.82) is 0 Å². The number of aromatic nitrogens is 1. The maximum absolute atomic E-state index is 12.4. The van der Waals surface area contributed by atoms with Gasteiger partial charge in [0.15, 0.2) is 5.75 Å². The molecular formula is C19H19NO4. The lowest BCUT2D eigenvalue weighted by Gasteiger charge is -2.16. The molecule has 0 aliphatic rings. The van der Waals surface area contributed by atoms with E-state index in [0.29, 0.717) is 23.3 Å². The lowest BCUT2D eigenvalue weighted by molar-refractivity contribution is 0.216. The van der Waals surface area contributed by atoms with Crippen molar-refractivity contribution in [2.24, 2.45) is 0 Å². The summed E-state index contributed by atoms with van der Waals surface area (Å²) in [6.07, 6.45) is -0.167. The summed E-state index contributed by atoms with van der Waals surface area (Å²) in [4.78, 5) is 15.1. The molecule has 24 heavy (non-hydrogen) atoms. The summed E-state index contributed by atoms with van der Waals surface area (Å²) in [5.41, 5.74) is 1.10. The predicted octanol–water partition coefficient (Wildman–Crippen LogP) is 3.60. The Morgan fingerprint density at radius 2 is 1.83 bits per heavy atom. The first-order chi connectivity index (χ1) is 11.5. The largest absolute Gasteiger partial charge is 0.508 e. The minimum absolute atomic E-state index is 0.0738. The van der Waals surface area contributed by atoms with E-state index in [1.165, 1.54) is 6.07 Å². The lowest BCUT2D eigenvalue weighted by atomic mass is 10.2. The molecule has 2 aromatic carbocycles. The Morgan fingerprint density at radius 3 is 2.54 bits per heavy atom. The fourth-order valence-corrected chi connectivity index (χ4v) is 2.45. The topological polar surface area (TPSA) is 71.5 Å². The quantitative estimate of drug-likeness (QED) is 0.752. The Labute approximate surface area is 139 Å². The summed E-state index contributed by atoms with van der Waals surface area (Å²) in [6, 6.07) is 14.4. The van der Waals surface area contributed by atoms with Crippen LogP contribution in [0, 0.1) is 0 Å². The number of nitrogens with one attached hydrogen (secondary N) is 1. The van der Waals surface area contributed by atoms with Crippen molar-refractivity contribution in [3.05, 3.63) is 64.4 Å². The molecule has 3 rings (SSSR count). The molecule has 3 aromatic rings. The third kappa shape index (κ3) is 3.35. The third-order valence-electron chi connectivity index (χ3n) is 3.49. The highest BCUT2D eigenvalue weighted by Crippen LogP contribution is 2.34. The van der Waals surface area contributed by atoms with Gasteiger partial charge in [-0.3, -0.25) is 4.79 Å². The van der Waals surface area contributed by atoms with Gasteiger partial charge in [0.05, 0.1) is 11.6 Å². The number of aromatic amines is 1. The number of hydrogen-bond donors (Lipinski definition) is 2. The average molecular weight is 325 g/mol. The molecule has 0 saturated carbocycles. The number of rotatable bonds is 5. The van der Waals surface area contributed by atoms with Crippen LogP contribution in [0.4, 0.5) is 0 Å². The van der Waals surface area contributed by atoms with E-state index in [9.17, 15) is 9.90 Å². The molecule has 0 amide bonds. The Morgan fingerprint density at radius 1 is 1.08 bits per heavy atom. The van der Waals surface area contributed by atoms with Crippen LogP contribution in [0.2, 0.25) is 0 Å². The number of ether oxygens (including phenoxy) is 2. The monoisotopic (exact) mass is 325 g/mol. The van der Waals surface area contributed by atoms with Crippen LogP contribution in [-0.2, 0) is 6.61 Å². The number of aromatic hydroxyl groups is 1. The molecule has 0 unspecified atom stereocenters. The number of H-pyrrole nitrogens is 1. The molecular weight excluding hydrogens is 306 g/mol. The van der Waals surface area contributed by atoms with E-state index < -0.39 is 0 Å². The number of phenols is 1. The Kier molecular flexibility index (Phi) is 4.42. The zero-order chi connectivity index (χ0) is 17.1. The van der Waals surface area contributed by atoms with Crippen LogP contribution in [0.3, 0.4) is 0 Å². The van der Waals surface area contributed by atoms with Crippen molar-refractivity contribution in [2.75, 3.05) is 0 Å².